The Labute approximate surface area is 238 Å². The number of amides is 1. The molecule has 0 saturated heterocycles. The third kappa shape index (κ3) is 7.58. The second-order valence-corrected chi connectivity index (χ2v) is 11.2. The maximum absolute atomic E-state index is 13.2. The number of rotatable bonds is 12. The fraction of sp³-hybridized carbons (Fsp3) is 0.286. The van der Waals surface area contributed by atoms with Crippen LogP contribution in [-0.4, -0.2) is 68.4 Å². The molecule has 2 N–H and O–H groups in total. The molecule has 4 rings (SSSR count). The lowest BCUT2D eigenvalue weighted by Crippen LogP contribution is -2.37. The summed E-state index contributed by atoms with van der Waals surface area (Å²) >= 11 is 6.06. The topological polar surface area (TPSA) is 127 Å². The molecule has 0 radical (unpaired) electrons. The highest BCUT2D eigenvalue weighted by atomic mass is 35.5. The molecule has 0 aliphatic carbocycles. The number of nitrogens with one attached hydrogen (secondary N) is 1. The molecule has 1 amide bonds. The van der Waals surface area contributed by atoms with Crippen molar-refractivity contribution < 1.29 is 32.5 Å². The first kappa shape index (κ1) is 29.5. The van der Waals surface area contributed by atoms with E-state index < -0.39 is 22.2 Å². The number of nitrogens with zero attached hydrogens (tertiary/aromatic N) is 2. The summed E-state index contributed by atoms with van der Waals surface area (Å²) in [5.41, 5.74) is 1.42. The van der Waals surface area contributed by atoms with E-state index in [0.717, 1.165) is 9.87 Å². The van der Waals surface area contributed by atoms with Crippen LogP contribution in [0.1, 0.15) is 17.9 Å². The molecule has 12 heteroatoms. The molecule has 0 unspecified atom stereocenters. The predicted octanol–water partition coefficient (Wildman–Crippen LogP) is 3.80. The van der Waals surface area contributed by atoms with Crippen molar-refractivity contribution in [1.82, 2.24) is 9.29 Å². The van der Waals surface area contributed by atoms with Gasteiger partial charge in [0, 0.05) is 36.6 Å². The third-order valence-electron chi connectivity index (χ3n) is 6.19. The summed E-state index contributed by atoms with van der Waals surface area (Å²) in [4.78, 5) is 17.1. The number of aliphatic hydroxyl groups excluding tert-OH is 1. The highest BCUT2D eigenvalue weighted by molar-refractivity contribution is 7.89. The Bertz CT molecular complexity index is 1400. The van der Waals surface area contributed by atoms with Gasteiger partial charge in [-0.05, 0) is 60.2 Å². The van der Waals surface area contributed by atoms with Crippen molar-refractivity contribution in [2.24, 2.45) is 0 Å². The predicted molar refractivity (Wildman–Crippen MR) is 149 cm³/mol. The number of hydrogen-bond acceptors (Lipinski definition) is 8. The summed E-state index contributed by atoms with van der Waals surface area (Å²) in [7, 11) is -2.41. The number of hydrogen-bond donors (Lipinski definition) is 2. The Morgan fingerprint density at radius 1 is 1.15 bits per heavy atom. The van der Waals surface area contributed by atoms with Crippen molar-refractivity contribution in [3.63, 3.8) is 0 Å². The average Bonchev–Trinajstić information content (AvgIpc) is 2.97. The lowest BCUT2D eigenvalue weighted by Gasteiger charge is -2.30. The first-order chi connectivity index (χ1) is 19.3. The number of ether oxygens (including phenoxy) is 3. The maximum Gasteiger partial charge on any atom is 0.290 e. The second kappa shape index (κ2) is 13.7. The number of carbonyl (C=O) groups excluding carboxylic acids is 1. The highest BCUT2D eigenvalue weighted by Crippen LogP contribution is 2.32. The quantitative estimate of drug-likeness (QED) is 0.328. The number of anilines is 1. The van der Waals surface area contributed by atoms with E-state index >= 15 is 0 Å². The van der Waals surface area contributed by atoms with Gasteiger partial charge in [0.25, 0.3) is 5.91 Å². The first-order valence-electron chi connectivity index (χ1n) is 12.5. The van der Waals surface area contributed by atoms with Gasteiger partial charge < -0.3 is 24.6 Å². The molecule has 1 aliphatic rings. The van der Waals surface area contributed by atoms with Crippen LogP contribution in [-0.2, 0) is 24.3 Å². The standard InChI is InChI=1S/C28H30ClN3O7S/c1-37-24-8-10-25(11-9-24)40(35,36)32(13-15-33)14-16-38-27-18-21(20-4-6-22(29)7-5-20)17-26(39-27)28(34)31-23-3-2-12-30-19-23/h2-12,17,19,21,27,33H,13-16,18H2,1H3,(H,31,34)/t21-,27+/m1/s1. The molecular weight excluding hydrogens is 558 g/mol. The monoisotopic (exact) mass is 587 g/mol. The minimum absolute atomic E-state index is 0.0368. The molecule has 0 saturated carbocycles. The zero-order valence-corrected chi connectivity index (χ0v) is 23.3. The van der Waals surface area contributed by atoms with Gasteiger partial charge in [-0.3, -0.25) is 9.78 Å². The van der Waals surface area contributed by atoms with Crippen molar-refractivity contribution in [3.8, 4) is 5.75 Å². The largest absolute Gasteiger partial charge is 0.497 e. The van der Waals surface area contributed by atoms with Crippen LogP contribution in [0.15, 0.2) is 89.8 Å². The van der Waals surface area contributed by atoms with E-state index in [4.69, 9.17) is 25.8 Å². The average molecular weight is 588 g/mol. The van der Waals surface area contributed by atoms with E-state index in [2.05, 4.69) is 10.3 Å². The number of pyridine rings is 1. The number of aromatic nitrogens is 1. The first-order valence-corrected chi connectivity index (χ1v) is 14.3. The van der Waals surface area contributed by atoms with Crippen LogP contribution in [0, 0.1) is 0 Å². The Hall–Kier alpha value is -3.48. The molecule has 212 valence electrons. The molecule has 0 fully saturated rings. The Balaban J connectivity index is 1.46. The zero-order chi connectivity index (χ0) is 28.5. The molecule has 2 atom stereocenters. The van der Waals surface area contributed by atoms with Gasteiger partial charge >= 0.3 is 0 Å². The van der Waals surface area contributed by atoms with E-state index in [0.29, 0.717) is 22.9 Å². The van der Waals surface area contributed by atoms with Gasteiger partial charge in [0.1, 0.15) is 5.75 Å². The summed E-state index contributed by atoms with van der Waals surface area (Å²) in [6, 6.07) is 16.7. The molecule has 1 aliphatic heterocycles. The summed E-state index contributed by atoms with van der Waals surface area (Å²) in [6.07, 6.45) is 4.39. The number of carbonyl (C=O) groups is 1. The van der Waals surface area contributed by atoms with Crippen LogP contribution in [0.25, 0.3) is 0 Å². The fourth-order valence-electron chi connectivity index (χ4n) is 4.14. The maximum atomic E-state index is 13.2. The lowest BCUT2D eigenvalue weighted by atomic mass is 9.93. The van der Waals surface area contributed by atoms with Crippen LogP contribution in [0.3, 0.4) is 0 Å². The van der Waals surface area contributed by atoms with Crippen molar-refractivity contribution in [1.29, 1.82) is 0 Å². The van der Waals surface area contributed by atoms with Crippen molar-refractivity contribution in [2.75, 3.05) is 38.7 Å². The lowest BCUT2D eigenvalue weighted by molar-refractivity contribution is -0.143. The Kier molecular flexibility index (Phi) is 10.1. The fourth-order valence-corrected chi connectivity index (χ4v) is 5.68. The third-order valence-corrected chi connectivity index (χ3v) is 8.35. The molecule has 40 heavy (non-hydrogen) atoms. The van der Waals surface area contributed by atoms with E-state index in [9.17, 15) is 18.3 Å². The Morgan fingerprint density at radius 3 is 2.55 bits per heavy atom. The summed E-state index contributed by atoms with van der Waals surface area (Å²) < 4.78 is 44.5. The van der Waals surface area contributed by atoms with Crippen LogP contribution in [0.4, 0.5) is 5.69 Å². The number of allylic oxidation sites excluding steroid dienone is 1. The van der Waals surface area contributed by atoms with Gasteiger partial charge in [-0.15, -0.1) is 0 Å². The van der Waals surface area contributed by atoms with Crippen LogP contribution < -0.4 is 10.1 Å². The zero-order valence-electron chi connectivity index (χ0n) is 21.8. The van der Waals surface area contributed by atoms with Crippen molar-refractivity contribution >= 4 is 33.2 Å². The van der Waals surface area contributed by atoms with E-state index in [1.165, 1.54) is 25.4 Å². The molecule has 0 bridgehead atoms. The number of aliphatic hydroxyl groups is 1. The molecular formula is C28H30ClN3O7S. The minimum Gasteiger partial charge on any atom is -0.497 e. The minimum atomic E-state index is -3.90. The normalized spacial score (nSPS) is 17.1. The van der Waals surface area contributed by atoms with Crippen LogP contribution >= 0.6 is 11.6 Å². The van der Waals surface area contributed by atoms with E-state index in [1.807, 2.05) is 12.1 Å². The number of halogens is 1. The van der Waals surface area contributed by atoms with Gasteiger partial charge in [-0.25, -0.2) is 8.42 Å². The van der Waals surface area contributed by atoms with Crippen molar-refractivity contribution in [2.45, 2.75) is 23.5 Å². The van der Waals surface area contributed by atoms with Gasteiger partial charge in [-0.2, -0.15) is 4.31 Å². The number of benzene rings is 2. The SMILES string of the molecule is COc1ccc(S(=O)(=O)N(CCO)CCO[C@@H]2C[C@H](c3ccc(Cl)cc3)C=C(C(=O)Nc3cccnc3)O2)cc1. The molecule has 2 heterocycles. The van der Waals surface area contributed by atoms with Gasteiger partial charge in [-0.1, -0.05) is 23.7 Å². The van der Waals surface area contributed by atoms with Gasteiger partial charge in [0.05, 0.1) is 37.1 Å². The number of sulfonamides is 1. The smallest absolute Gasteiger partial charge is 0.290 e. The van der Waals surface area contributed by atoms with Crippen LogP contribution in [0.2, 0.25) is 5.02 Å². The van der Waals surface area contributed by atoms with E-state index in [-0.39, 0.29) is 42.9 Å². The summed E-state index contributed by atoms with van der Waals surface area (Å²) in [5, 5.41) is 12.9. The van der Waals surface area contributed by atoms with Crippen molar-refractivity contribution in [3.05, 3.63) is 95.5 Å². The highest BCUT2D eigenvalue weighted by Gasteiger charge is 2.30. The molecule has 10 nitrogen and oxygen atoms in total. The molecule has 2 aromatic carbocycles. The van der Waals surface area contributed by atoms with Gasteiger partial charge in [0.2, 0.25) is 16.3 Å². The summed E-state index contributed by atoms with van der Waals surface area (Å²) in [5.74, 6) is -0.0956. The molecule has 3 aromatic rings. The van der Waals surface area contributed by atoms with E-state index in [1.54, 1.807) is 48.7 Å². The summed E-state index contributed by atoms with van der Waals surface area (Å²) in [6.45, 7) is -0.559. The second-order valence-electron chi connectivity index (χ2n) is 8.84. The number of methoxy groups -OCH3 is 1. The van der Waals surface area contributed by atoms with Gasteiger partial charge in [0.15, 0.2) is 5.76 Å². The van der Waals surface area contributed by atoms with Crippen LogP contribution in [0.5, 0.6) is 5.75 Å². The molecule has 1 aromatic heterocycles. The Morgan fingerprint density at radius 2 is 1.90 bits per heavy atom. The molecule has 0 spiro atoms.